The Balaban J connectivity index is 2.22. The lowest BCUT2D eigenvalue weighted by Crippen LogP contribution is -2.19. The average Bonchev–Trinajstić information content (AvgIpc) is 2.89. The molecule has 0 aliphatic rings. The van der Waals surface area contributed by atoms with Crippen LogP contribution in [0.4, 0.5) is 0 Å². The maximum Gasteiger partial charge on any atom is 0.185 e. The van der Waals surface area contributed by atoms with Crippen LogP contribution in [0.1, 0.15) is 35.4 Å². The van der Waals surface area contributed by atoms with Crippen LogP contribution in [-0.2, 0) is 4.79 Å². The number of fused-ring (bicyclic) bond motifs is 1. The van der Waals surface area contributed by atoms with Gasteiger partial charge in [-0.25, -0.2) is 0 Å². The number of carbonyl (C=O) groups excluding carboxylic acids is 2. The van der Waals surface area contributed by atoms with E-state index in [2.05, 4.69) is 4.98 Å². The number of thioether (sulfide) groups is 1. The zero-order chi connectivity index (χ0) is 15.4. The molecule has 3 N–H and O–H groups in total. The average molecular weight is 307 g/mol. The second-order valence-corrected chi connectivity index (χ2v) is 6.04. The Morgan fingerprint density at radius 3 is 2.86 bits per heavy atom. The van der Waals surface area contributed by atoms with Crippen molar-refractivity contribution in [1.29, 1.82) is 0 Å². The van der Waals surface area contributed by atoms with Gasteiger partial charge in [-0.3, -0.25) is 9.59 Å². The number of aromatic amines is 1. The smallest absolute Gasteiger partial charge is 0.185 e. The number of aliphatic hydroxyl groups excluding tert-OH is 2. The van der Waals surface area contributed by atoms with Crippen LogP contribution in [0.3, 0.4) is 0 Å². The van der Waals surface area contributed by atoms with Crippen molar-refractivity contribution in [1.82, 2.24) is 4.98 Å². The molecule has 2 aromatic rings. The Kier molecular flexibility index (Phi) is 5.17. The van der Waals surface area contributed by atoms with Crippen molar-refractivity contribution in [2.75, 3.05) is 5.75 Å². The molecule has 0 saturated heterocycles. The summed E-state index contributed by atoms with van der Waals surface area (Å²) in [7, 11) is 0. The van der Waals surface area contributed by atoms with Gasteiger partial charge < -0.3 is 15.2 Å². The number of nitrogens with one attached hydrogen (secondary N) is 1. The number of hydrogen-bond acceptors (Lipinski definition) is 5. The third kappa shape index (κ3) is 3.53. The number of benzene rings is 1. The normalized spacial score (nSPS) is 14.0. The summed E-state index contributed by atoms with van der Waals surface area (Å²) in [6.07, 6.45) is 0.495. The molecule has 6 heteroatoms. The molecule has 2 atom stereocenters. The summed E-state index contributed by atoms with van der Waals surface area (Å²) >= 11 is 1.11. The summed E-state index contributed by atoms with van der Waals surface area (Å²) in [5, 5.41) is 21.0. The zero-order valence-corrected chi connectivity index (χ0v) is 12.4. The number of aromatic nitrogens is 1. The summed E-state index contributed by atoms with van der Waals surface area (Å²) in [5.41, 5.74) is 1.69. The maximum absolute atomic E-state index is 11.1. The molecule has 0 aliphatic carbocycles. The van der Waals surface area contributed by atoms with Crippen LogP contribution in [0.15, 0.2) is 24.4 Å². The first-order chi connectivity index (χ1) is 10.0. The lowest BCUT2D eigenvalue weighted by atomic mass is 9.97. The molecular formula is C15H17NO4S. The number of hydrogen-bond donors (Lipinski definition) is 3. The van der Waals surface area contributed by atoms with Crippen molar-refractivity contribution in [3.8, 4) is 0 Å². The first kappa shape index (κ1) is 15.8. The molecular weight excluding hydrogens is 290 g/mol. The van der Waals surface area contributed by atoms with E-state index >= 15 is 0 Å². The van der Waals surface area contributed by atoms with Gasteiger partial charge in [0.25, 0.3) is 0 Å². The van der Waals surface area contributed by atoms with Crippen molar-refractivity contribution in [2.24, 2.45) is 0 Å². The van der Waals surface area contributed by atoms with Gasteiger partial charge in [0.15, 0.2) is 11.4 Å². The highest BCUT2D eigenvalue weighted by molar-refractivity contribution is 8.13. The topological polar surface area (TPSA) is 90.4 Å². The van der Waals surface area contributed by atoms with E-state index in [1.54, 1.807) is 24.4 Å². The van der Waals surface area contributed by atoms with Crippen molar-refractivity contribution >= 4 is 34.1 Å². The maximum atomic E-state index is 11.1. The van der Waals surface area contributed by atoms with E-state index in [4.69, 9.17) is 0 Å². The lowest BCUT2D eigenvalue weighted by molar-refractivity contribution is -0.109. The summed E-state index contributed by atoms with van der Waals surface area (Å²) in [5.74, 6) is 0.442. The second kappa shape index (κ2) is 6.89. The van der Waals surface area contributed by atoms with Crippen molar-refractivity contribution in [2.45, 2.75) is 25.6 Å². The standard InChI is InChI=1S/C15H17NO4S/c1-9(18)21-6-5-13(19)15(20)11-3-2-4-12-14(11)10(8-17)7-16-12/h2-4,7-8,13,15-16,19-20H,5-6H2,1H3. The highest BCUT2D eigenvalue weighted by Crippen LogP contribution is 2.29. The second-order valence-electron chi connectivity index (χ2n) is 4.77. The van der Waals surface area contributed by atoms with Crippen molar-refractivity contribution < 1.29 is 19.8 Å². The number of H-pyrrole nitrogens is 1. The predicted octanol–water partition coefficient (Wildman–Crippen LogP) is 2.04. The SMILES string of the molecule is CC(=O)SCCC(O)C(O)c1cccc2[nH]cc(C=O)c12. The first-order valence-corrected chi connectivity index (χ1v) is 7.57. The molecule has 0 spiro atoms. The Bertz CT molecular complexity index is 652. The monoisotopic (exact) mass is 307 g/mol. The molecule has 0 saturated carbocycles. The number of aliphatic hydroxyl groups is 2. The first-order valence-electron chi connectivity index (χ1n) is 6.59. The molecule has 0 amide bonds. The van der Waals surface area contributed by atoms with Crippen LogP contribution in [-0.4, -0.2) is 38.5 Å². The summed E-state index contributed by atoms with van der Waals surface area (Å²) in [6, 6.07) is 5.24. The quantitative estimate of drug-likeness (QED) is 0.711. The van der Waals surface area contributed by atoms with E-state index in [0.29, 0.717) is 35.0 Å². The fourth-order valence-electron chi connectivity index (χ4n) is 2.27. The molecule has 1 aromatic carbocycles. The van der Waals surface area contributed by atoms with Gasteiger partial charge in [0.2, 0.25) is 0 Å². The minimum absolute atomic E-state index is 0.0207. The van der Waals surface area contributed by atoms with Gasteiger partial charge in [0.1, 0.15) is 6.10 Å². The molecule has 2 unspecified atom stereocenters. The minimum Gasteiger partial charge on any atom is -0.390 e. The molecule has 0 radical (unpaired) electrons. The van der Waals surface area contributed by atoms with Crippen LogP contribution in [0.5, 0.6) is 0 Å². The molecule has 21 heavy (non-hydrogen) atoms. The lowest BCUT2D eigenvalue weighted by Gasteiger charge is -2.19. The van der Waals surface area contributed by atoms with Crippen LogP contribution in [0.25, 0.3) is 10.9 Å². The minimum atomic E-state index is -1.10. The van der Waals surface area contributed by atoms with Crippen LogP contribution >= 0.6 is 11.8 Å². The highest BCUT2D eigenvalue weighted by atomic mass is 32.2. The van der Waals surface area contributed by atoms with E-state index in [1.807, 2.05) is 0 Å². The molecule has 0 aliphatic heterocycles. The van der Waals surface area contributed by atoms with E-state index in [1.165, 1.54) is 6.92 Å². The summed E-state index contributed by atoms with van der Waals surface area (Å²) in [6.45, 7) is 1.46. The van der Waals surface area contributed by atoms with Crippen molar-refractivity contribution in [3.05, 3.63) is 35.5 Å². The Morgan fingerprint density at radius 2 is 2.19 bits per heavy atom. The predicted molar refractivity (Wildman–Crippen MR) is 82.4 cm³/mol. The van der Waals surface area contributed by atoms with Gasteiger partial charge in [-0.05, 0) is 18.1 Å². The molecule has 0 fully saturated rings. The van der Waals surface area contributed by atoms with Gasteiger partial charge in [-0.2, -0.15) is 0 Å². The molecule has 0 bridgehead atoms. The third-order valence-corrected chi connectivity index (χ3v) is 4.14. The molecule has 2 rings (SSSR count). The Morgan fingerprint density at radius 1 is 1.43 bits per heavy atom. The molecule has 1 heterocycles. The van der Waals surface area contributed by atoms with Gasteiger partial charge in [-0.15, -0.1) is 0 Å². The van der Waals surface area contributed by atoms with Crippen LogP contribution in [0, 0.1) is 0 Å². The highest BCUT2D eigenvalue weighted by Gasteiger charge is 2.22. The van der Waals surface area contributed by atoms with Gasteiger partial charge in [0.05, 0.1) is 6.10 Å². The van der Waals surface area contributed by atoms with Gasteiger partial charge in [-0.1, -0.05) is 23.9 Å². The number of rotatable bonds is 6. The summed E-state index contributed by atoms with van der Waals surface area (Å²) in [4.78, 5) is 24.9. The van der Waals surface area contributed by atoms with E-state index in [-0.39, 0.29) is 5.12 Å². The molecule has 112 valence electrons. The largest absolute Gasteiger partial charge is 0.390 e. The molecule has 1 aromatic heterocycles. The fraction of sp³-hybridized carbons (Fsp3) is 0.333. The summed E-state index contributed by atoms with van der Waals surface area (Å²) < 4.78 is 0. The third-order valence-electron chi connectivity index (χ3n) is 3.30. The van der Waals surface area contributed by atoms with Gasteiger partial charge >= 0.3 is 0 Å². The van der Waals surface area contributed by atoms with Crippen molar-refractivity contribution in [3.63, 3.8) is 0 Å². The van der Waals surface area contributed by atoms with Crippen LogP contribution < -0.4 is 0 Å². The Labute approximate surface area is 126 Å². The number of aldehydes is 1. The van der Waals surface area contributed by atoms with Crippen LogP contribution in [0.2, 0.25) is 0 Å². The number of carbonyl (C=O) groups is 2. The van der Waals surface area contributed by atoms with Gasteiger partial charge in [0, 0.05) is 35.3 Å². The van der Waals surface area contributed by atoms with E-state index in [0.717, 1.165) is 17.3 Å². The van der Waals surface area contributed by atoms with E-state index < -0.39 is 12.2 Å². The fourth-order valence-corrected chi connectivity index (χ4v) is 2.92. The van der Waals surface area contributed by atoms with E-state index in [9.17, 15) is 19.8 Å². The Hall–Kier alpha value is -1.63. The molecule has 5 nitrogen and oxygen atoms in total. The zero-order valence-electron chi connectivity index (χ0n) is 11.6.